The molecule has 0 N–H and O–H groups in total. The first-order valence-corrected chi connectivity index (χ1v) is 6.05. The van der Waals surface area contributed by atoms with Crippen molar-refractivity contribution < 1.29 is 9.47 Å². The maximum atomic E-state index is 5.76. The molecule has 1 aliphatic rings. The predicted octanol–water partition coefficient (Wildman–Crippen LogP) is 3.52. The smallest absolute Gasteiger partial charge is 0.184 e. The fourth-order valence-electron chi connectivity index (χ4n) is 2.24. The molecule has 2 aromatic rings. The van der Waals surface area contributed by atoms with E-state index < -0.39 is 0 Å². The van der Waals surface area contributed by atoms with E-state index in [0.29, 0.717) is 5.92 Å². The Kier molecular flexibility index (Phi) is 2.83. The molecule has 0 aromatic heterocycles. The van der Waals surface area contributed by atoms with Gasteiger partial charge in [0.15, 0.2) is 6.29 Å². The Morgan fingerprint density at radius 3 is 2.47 bits per heavy atom. The molecule has 0 bridgehead atoms. The quantitative estimate of drug-likeness (QED) is 0.743. The van der Waals surface area contributed by atoms with Crippen LogP contribution in [0.2, 0.25) is 0 Å². The topological polar surface area (TPSA) is 18.5 Å². The molecule has 88 valence electrons. The molecule has 1 aliphatic heterocycles. The van der Waals surface area contributed by atoms with Gasteiger partial charge in [-0.15, -0.1) is 0 Å². The average molecular weight is 228 g/mol. The molecule has 2 nitrogen and oxygen atoms in total. The maximum Gasteiger partial charge on any atom is 0.184 e. The van der Waals surface area contributed by atoms with Crippen LogP contribution < -0.4 is 0 Å². The average Bonchev–Trinajstić information content (AvgIpc) is 2.39. The van der Waals surface area contributed by atoms with Crippen LogP contribution in [0.25, 0.3) is 10.8 Å². The molecule has 1 fully saturated rings. The highest BCUT2D eigenvalue weighted by atomic mass is 16.7. The fourth-order valence-corrected chi connectivity index (χ4v) is 2.24. The molecule has 0 atom stereocenters. The number of hydrogen-bond donors (Lipinski definition) is 0. The van der Waals surface area contributed by atoms with E-state index in [1.165, 1.54) is 10.8 Å². The molecular weight excluding hydrogens is 212 g/mol. The third-order valence-corrected chi connectivity index (χ3v) is 3.14. The van der Waals surface area contributed by atoms with E-state index in [2.05, 4.69) is 49.4 Å². The van der Waals surface area contributed by atoms with Gasteiger partial charge in [-0.3, -0.25) is 0 Å². The second-order valence-electron chi connectivity index (χ2n) is 4.67. The van der Waals surface area contributed by atoms with Crippen molar-refractivity contribution in [3.63, 3.8) is 0 Å². The van der Waals surface area contributed by atoms with Crippen LogP contribution in [0.4, 0.5) is 0 Å². The second kappa shape index (κ2) is 4.47. The third kappa shape index (κ3) is 2.06. The highest BCUT2D eigenvalue weighted by Crippen LogP contribution is 2.30. The number of hydrogen-bond acceptors (Lipinski definition) is 2. The van der Waals surface area contributed by atoms with Crippen molar-refractivity contribution in [2.24, 2.45) is 5.92 Å². The van der Waals surface area contributed by atoms with Crippen LogP contribution >= 0.6 is 0 Å². The van der Waals surface area contributed by atoms with Gasteiger partial charge in [-0.2, -0.15) is 0 Å². The van der Waals surface area contributed by atoms with Crippen LogP contribution in [-0.4, -0.2) is 13.2 Å². The minimum absolute atomic E-state index is 0.211. The number of rotatable bonds is 1. The largest absolute Gasteiger partial charge is 0.348 e. The van der Waals surface area contributed by atoms with Crippen LogP contribution in [0.5, 0.6) is 0 Å². The first-order valence-electron chi connectivity index (χ1n) is 6.05. The van der Waals surface area contributed by atoms with Gasteiger partial charge in [-0.1, -0.05) is 49.4 Å². The zero-order chi connectivity index (χ0) is 11.7. The molecule has 2 aromatic carbocycles. The lowest BCUT2D eigenvalue weighted by Crippen LogP contribution is -2.25. The number of benzene rings is 2. The monoisotopic (exact) mass is 228 g/mol. The standard InChI is InChI=1S/C15H16O2/c1-11-9-16-15(17-10-11)14-8-4-6-12-5-2-3-7-13(12)14/h2-8,11,15H,9-10H2,1H3. The molecule has 1 heterocycles. The van der Waals surface area contributed by atoms with Crippen molar-refractivity contribution in [3.8, 4) is 0 Å². The summed E-state index contributed by atoms with van der Waals surface area (Å²) in [4.78, 5) is 0. The zero-order valence-electron chi connectivity index (χ0n) is 9.93. The fraction of sp³-hybridized carbons (Fsp3) is 0.333. The van der Waals surface area contributed by atoms with Crippen LogP contribution in [0, 0.1) is 5.92 Å². The lowest BCUT2D eigenvalue weighted by Gasteiger charge is -2.28. The van der Waals surface area contributed by atoms with Crippen molar-refractivity contribution in [1.29, 1.82) is 0 Å². The van der Waals surface area contributed by atoms with Gasteiger partial charge in [-0.05, 0) is 10.8 Å². The van der Waals surface area contributed by atoms with E-state index in [1.807, 2.05) is 0 Å². The van der Waals surface area contributed by atoms with Crippen LogP contribution in [0.1, 0.15) is 18.8 Å². The van der Waals surface area contributed by atoms with E-state index in [1.54, 1.807) is 0 Å². The SMILES string of the molecule is CC1COC(c2cccc3ccccc23)OC1. The van der Waals surface area contributed by atoms with Crippen molar-refractivity contribution in [3.05, 3.63) is 48.0 Å². The molecule has 17 heavy (non-hydrogen) atoms. The van der Waals surface area contributed by atoms with Gasteiger partial charge >= 0.3 is 0 Å². The molecule has 0 amide bonds. The molecule has 0 spiro atoms. The van der Waals surface area contributed by atoms with Gasteiger partial charge in [0.25, 0.3) is 0 Å². The summed E-state index contributed by atoms with van der Waals surface area (Å²) < 4.78 is 11.5. The minimum atomic E-state index is -0.211. The van der Waals surface area contributed by atoms with Crippen molar-refractivity contribution in [2.75, 3.05) is 13.2 Å². The second-order valence-corrected chi connectivity index (χ2v) is 4.67. The molecule has 1 saturated heterocycles. The molecule has 0 saturated carbocycles. The Morgan fingerprint density at radius 1 is 0.941 bits per heavy atom. The summed E-state index contributed by atoms with van der Waals surface area (Å²) in [6.07, 6.45) is -0.211. The molecule has 0 radical (unpaired) electrons. The van der Waals surface area contributed by atoms with Crippen molar-refractivity contribution in [2.45, 2.75) is 13.2 Å². The lowest BCUT2D eigenvalue weighted by atomic mass is 10.0. The summed E-state index contributed by atoms with van der Waals surface area (Å²) in [5.74, 6) is 0.487. The minimum Gasteiger partial charge on any atom is -0.348 e. The summed E-state index contributed by atoms with van der Waals surface area (Å²) in [5.41, 5.74) is 1.13. The molecular formula is C15H16O2. The Balaban J connectivity index is 2.00. The van der Waals surface area contributed by atoms with Gasteiger partial charge in [0.2, 0.25) is 0 Å². The van der Waals surface area contributed by atoms with E-state index in [4.69, 9.17) is 9.47 Å². The summed E-state index contributed by atoms with van der Waals surface area (Å²) in [7, 11) is 0. The van der Waals surface area contributed by atoms with E-state index >= 15 is 0 Å². The van der Waals surface area contributed by atoms with Crippen LogP contribution in [0.3, 0.4) is 0 Å². The highest BCUT2D eigenvalue weighted by molar-refractivity contribution is 5.85. The van der Waals surface area contributed by atoms with Gasteiger partial charge in [0.05, 0.1) is 13.2 Å². The molecule has 3 rings (SSSR count). The first-order chi connectivity index (χ1) is 8.34. The van der Waals surface area contributed by atoms with E-state index in [-0.39, 0.29) is 6.29 Å². The van der Waals surface area contributed by atoms with Crippen LogP contribution in [-0.2, 0) is 9.47 Å². The van der Waals surface area contributed by atoms with E-state index in [0.717, 1.165) is 18.8 Å². The molecule has 0 unspecified atom stereocenters. The lowest BCUT2D eigenvalue weighted by molar-refractivity contribution is -0.201. The Labute approximate surface area is 101 Å². The molecule has 2 heteroatoms. The third-order valence-electron chi connectivity index (χ3n) is 3.14. The normalized spacial score (nSPS) is 25.0. The van der Waals surface area contributed by atoms with Gasteiger partial charge < -0.3 is 9.47 Å². The number of fused-ring (bicyclic) bond motifs is 1. The van der Waals surface area contributed by atoms with E-state index in [9.17, 15) is 0 Å². The Hall–Kier alpha value is -1.38. The first kappa shape index (κ1) is 10.8. The summed E-state index contributed by atoms with van der Waals surface area (Å²) in [6.45, 7) is 3.68. The summed E-state index contributed by atoms with van der Waals surface area (Å²) >= 11 is 0. The highest BCUT2D eigenvalue weighted by Gasteiger charge is 2.22. The van der Waals surface area contributed by atoms with Crippen LogP contribution in [0.15, 0.2) is 42.5 Å². The van der Waals surface area contributed by atoms with Crippen molar-refractivity contribution >= 4 is 10.8 Å². The summed E-state index contributed by atoms with van der Waals surface area (Å²) in [6, 6.07) is 14.6. The predicted molar refractivity (Wildman–Crippen MR) is 67.8 cm³/mol. The number of ether oxygens (including phenoxy) is 2. The maximum absolute atomic E-state index is 5.76. The zero-order valence-corrected chi connectivity index (χ0v) is 9.93. The van der Waals surface area contributed by atoms with Gasteiger partial charge in [0.1, 0.15) is 0 Å². The summed E-state index contributed by atoms with van der Waals surface area (Å²) in [5, 5.41) is 2.45. The Bertz CT molecular complexity index is 508. The van der Waals surface area contributed by atoms with Gasteiger partial charge in [0, 0.05) is 11.5 Å². The Morgan fingerprint density at radius 2 is 1.65 bits per heavy atom. The van der Waals surface area contributed by atoms with Gasteiger partial charge in [-0.25, -0.2) is 0 Å². The van der Waals surface area contributed by atoms with Crippen molar-refractivity contribution in [1.82, 2.24) is 0 Å². The molecule has 0 aliphatic carbocycles.